The van der Waals surface area contributed by atoms with Crippen molar-refractivity contribution in [2.45, 2.75) is 13.8 Å². The molecule has 0 saturated heterocycles. The van der Waals surface area contributed by atoms with Gasteiger partial charge in [-0.25, -0.2) is 4.79 Å². The first-order chi connectivity index (χ1) is 7.54. The number of aromatic carboxylic acids is 1. The van der Waals surface area contributed by atoms with Crippen molar-refractivity contribution in [3.05, 3.63) is 29.3 Å². The predicted octanol–water partition coefficient (Wildman–Crippen LogP) is 1.73. The van der Waals surface area contributed by atoms with Crippen molar-refractivity contribution in [3.8, 4) is 0 Å². The second kappa shape index (κ2) is 5.51. The standard InChI is InChI=1S/C12H17NO3/c1-8(7-14)6-13-10-3-4-11(12(15)16)9(2)5-10/h3-5,8,13-14H,6-7H2,1-2H3,(H,15,16). The van der Waals surface area contributed by atoms with Gasteiger partial charge in [-0.15, -0.1) is 0 Å². The molecule has 3 N–H and O–H groups in total. The maximum atomic E-state index is 10.8. The molecule has 1 unspecified atom stereocenters. The molecule has 0 fully saturated rings. The molecule has 1 rings (SSSR count). The van der Waals surface area contributed by atoms with Gasteiger partial charge >= 0.3 is 5.97 Å². The zero-order valence-electron chi connectivity index (χ0n) is 9.53. The highest BCUT2D eigenvalue weighted by Gasteiger charge is 2.07. The van der Waals surface area contributed by atoms with Crippen molar-refractivity contribution < 1.29 is 15.0 Å². The van der Waals surface area contributed by atoms with Crippen LogP contribution < -0.4 is 5.32 Å². The monoisotopic (exact) mass is 223 g/mol. The molecule has 0 aliphatic heterocycles. The zero-order chi connectivity index (χ0) is 12.1. The number of rotatable bonds is 5. The first kappa shape index (κ1) is 12.5. The van der Waals surface area contributed by atoms with Gasteiger partial charge in [0.25, 0.3) is 0 Å². The number of carbonyl (C=O) groups is 1. The number of nitrogens with one attached hydrogen (secondary N) is 1. The fraction of sp³-hybridized carbons (Fsp3) is 0.417. The van der Waals surface area contributed by atoms with Crippen LogP contribution in [0.15, 0.2) is 18.2 Å². The lowest BCUT2D eigenvalue weighted by molar-refractivity contribution is 0.0696. The van der Waals surface area contributed by atoms with Gasteiger partial charge in [0.1, 0.15) is 0 Å². The van der Waals surface area contributed by atoms with Crippen molar-refractivity contribution in [1.29, 1.82) is 0 Å². The third-order valence-corrected chi connectivity index (χ3v) is 2.42. The molecule has 0 radical (unpaired) electrons. The van der Waals surface area contributed by atoms with Crippen LogP contribution in [0.4, 0.5) is 5.69 Å². The van der Waals surface area contributed by atoms with Crippen LogP contribution in [-0.2, 0) is 0 Å². The number of aliphatic hydroxyl groups excluding tert-OH is 1. The molecule has 0 amide bonds. The number of anilines is 1. The lowest BCUT2D eigenvalue weighted by atomic mass is 10.1. The zero-order valence-corrected chi connectivity index (χ0v) is 9.53. The number of carboxylic acid groups (broad SMARTS) is 1. The molecule has 0 aromatic heterocycles. The Morgan fingerprint density at radius 2 is 2.19 bits per heavy atom. The summed E-state index contributed by atoms with van der Waals surface area (Å²) in [7, 11) is 0. The van der Waals surface area contributed by atoms with Gasteiger partial charge in [-0.3, -0.25) is 0 Å². The lowest BCUT2D eigenvalue weighted by Crippen LogP contribution is -2.14. The van der Waals surface area contributed by atoms with Gasteiger partial charge in [0, 0.05) is 18.8 Å². The summed E-state index contributed by atoms with van der Waals surface area (Å²) in [4.78, 5) is 10.8. The van der Waals surface area contributed by atoms with Crippen LogP contribution in [0.1, 0.15) is 22.8 Å². The minimum absolute atomic E-state index is 0.138. The normalized spacial score (nSPS) is 12.2. The van der Waals surface area contributed by atoms with E-state index >= 15 is 0 Å². The van der Waals surface area contributed by atoms with Crippen LogP contribution in [0.25, 0.3) is 0 Å². The molecule has 0 aliphatic rings. The van der Waals surface area contributed by atoms with Crippen molar-refractivity contribution in [2.75, 3.05) is 18.5 Å². The number of benzene rings is 1. The van der Waals surface area contributed by atoms with Gasteiger partial charge in [-0.2, -0.15) is 0 Å². The van der Waals surface area contributed by atoms with E-state index < -0.39 is 5.97 Å². The van der Waals surface area contributed by atoms with Crippen LogP contribution in [0.2, 0.25) is 0 Å². The summed E-state index contributed by atoms with van der Waals surface area (Å²) in [6.07, 6.45) is 0. The van der Waals surface area contributed by atoms with Gasteiger partial charge in [-0.05, 0) is 36.6 Å². The van der Waals surface area contributed by atoms with E-state index in [1.165, 1.54) is 0 Å². The number of hydrogen-bond acceptors (Lipinski definition) is 3. The molecular weight excluding hydrogens is 206 g/mol. The Kier molecular flexibility index (Phi) is 4.31. The first-order valence-electron chi connectivity index (χ1n) is 5.23. The summed E-state index contributed by atoms with van der Waals surface area (Å²) in [6, 6.07) is 5.12. The van der Waals surface area contributed by atoms with E-state index in [0.29, 0.717) is 12.1 Å². The number of aliphatic hydroxyl groups is 1. The number of hydrogen-bond donors (Lipinski definition) is 3. The molecule has 1 aromatic rings. The van der Waals surface area contributed by atoms with Crippen LogP contribution in [0, 0.1) is 12.8 Å². The van der Waals surface area contributed by atoms with Crippen LogP contribution in [0.5, 0.6) is 0 Å². The summed E-state index contributed by atoms with van der Waals surface area (Å²) < 4.78 is 0. The molecule has 4 heteroatoms. The fourth-order valence-corrected chi connectivity index (χ4v) is 1.37. The highest BCUT2D eigenvalue weighted by Crippen LogP contribution is 2.15. The lowest BCUT2D eigenvalue weighted by Gasteiger charge is -2.12. The largest absolute Gasteiger partial charge is 0.478 e. The van der Waals surface area contributed by atoms with E-state index in [0.717, 1.165) is 11.3 Å². The Hall–Kier alpha value is -1.55. The molecule has 4 nitrogen and oxygen atoms in total. The van der Waals surface area contributed by atoms with E-state index in [1.807, 2.05) is 6.92 Å². The average molecular weight is 223 g/mol. The van der Waals surface area contributed by atoms with E-state index in [1.54, 1.807) is 25.1 Å². The van der Waals surface area contributed by atoms with Gasteiger partial charge in [-0.1, -0.05) is 6.92 Å². The van der Waals surface area contributed by atoms with Gasteiger partial charge in [0.15, 0.2) is 0 Å². The highest BCUT2D eigenvalue weighted by atomic mass is 16.4. The average Bonchev–Trinajstić information content (AvgIpc) is 2.25. The Morgan fingerprint density at radius 1 is 1.50 bits per heavy atom. The first-order valence-corrected chi connectivity index (χ1v) is 5.23. The Morgan fingerprint density at radius 3 is 2.69 bits per heavy atom. The summed E-state index contributed by atoms with van der Waals surface area (Å²) in [5.74, 6) is -0.729. The molecular formula is C12H17NO3. The third-order valence-electron chi connectivity index (χ3n) is 2.42. The molecule has 1 aromatic carbocycles. The van der Waals surface area contributed by atoms with Crippen LogP contribution >= 0.6 is 0 Å². The van der Waals surface area contributed by atoms with Gasteiger partial charge in [0.05, 0.1) is 5.56 Å². The number of carboxylic acids is 1. The van der Waals surface area contributed by atoms with Crippen LogP contribution in [-0.4, -0.2) is 29.3 Å². The second-order valence-corrected chi connectivity index (χ2v) is 4.00. The molecule has 1 atom stereocenters. The molecule has 0 heterocycles. The molecule has 88 valence electrons. The van der Waals surface area contributed by atoms with E-state index in [-0.39, 0.29) is 12.5 Å². The van der Waals surface area contributed by atoms with Crippen molar-refractivity contribution >= 4 is 11.7 Å². The second-order valence-electron chi connectivity index (χ2n) is 4.00. The summed E-state index contributed by atoms with van der Waals surface area (Å²) >= 11 is 0. The van der Waals surface area contributed by atoms with E-state index in [4.69, 9.17) is 10.2 Å². The smallest absolute Gasteiger partial charge is 0.335 e. The Balaban J connectivity index is 2.70. The molecule has 0 bridgehead atoms. The Labute approximate surface area is 94.9 Å². The van der Waals surface area contributed by atoms with Gasteiger partial charge in [0.2, 0.25) is 0 Å². The SMILES string of the molecule is Cc1cc(NCC(C)CO)ccc1C(=O)O. The maximum absolute atomic E-state index is 10.8. The maximum Gasteiger partial charge on any atom is 0.335 e. The molecule has 16 heavy (non-hydrogen) atoms. The van der Waals surface area contributed by atoms with Crippen molar-refractivity contribution in [3.63, 3.8) is 0 Å². The van der Waals surface area contributed by atoms with E-state index in [9.17, 15) is 4.79 Å². The molecule has 0 aliphatic carbocycles. The predicted molar refractivity (Wildman–Crippen MR) is 62.9 cm³/mol. The minimum Gasteiger partial charge on any atom is -0.478 e. The molecule has 0 spiro atoms. The van der Waals surface area contributed by atoms with Crippen LogP contribution in [0.3, 0.4) is 0 Å². The number of aryl methyl sites for hydroxylation is 1. The van der Waals surface area contributed by atoms with Crippen molar-refractivity contribution in [2.24, 2.45) is 5.92 Å². The fourth-order valence-electron chi connectivity index (χ4n) is 1.37. The Bertz CT molecular complexity index is 377. The minimum atomic E-state index is -0.909. The quantitative estimate of drug-likeness (QED) is 0.711. The topological polar surface area (TPSA) is 69.6 Å². The summed E-state index contributed by atoms with van der Waals surface area (Å²) in [5, 5.41) is 20.9. The van der Waals surface area contributed by atoms with Gasteiger partial charge < -0.3 is 15.5 Å². The highest BCUT2D eigenvalue weighted by molar-refractivity contribution is 5.89. The van der Waals surface area contributed by atoms with E-state index in [2.05, 4.69) is 5.32 Å². The third kappa shape index (κ3) is 3.24. The summed E-state index contributed by atoms with van der Waals surface area (Å²) in [5.41, 5.74) is 1.93. The summed E-state index contributed by atoms with van der Waals surface area (Å²) in [6.45, 7) is 4.51. The van der Waals surface area contributed by atoms with Crippen molar-refractivity contribution in [1.82, 2.24) is 0 Å². The molecule has 0 saturated carbocycles.